The monoisotopic (exact) mass is 302 g/mol. The van der Waals surface area contributed by atoms with Crippen molar-refractivity contribution in [3.63, 3.8) is 0 Å². The predicted molar refractivity (Wildman–Crippen MR) is 82.5 cm³/mol. The van der Waals surface area contributed by atoms with E-state index in [4.69, 9.17) is 4.74 Å². The summed E-state index contributed by atoms with van der Waals surface area (Å²) in [5.41, 5.74) is 1.83. The summed E-state index contributed by atoms with van der Waals surface area (Å²) < 4.78 is 20.7. The number of rotatable bonds is 1. The van der Waals surface area contributed by atoms with Crippen LogP contribution in [0.5, 0.6) is 5.75 Å². The number of para-hydroxylation sites is 2. The van der Waals surface area contributed by atoms with Gasteiger partial charge in [-0.25, -0.2) is 0 Å². The molecule has 0 bridgehead atoms. The van der Waals surface area contributed by atoms with Crippen molar-refractivity contribution in [3.8, 4) is 11.4 Å². The van der Waals surface area contributed by atoms with Crippen LogP contribution in [0.4, 0.5) is 0 Å². The summed E-state index contributed by atoms with van der Waals surface area (Å²) in [6, 6.07) is 12.1. The fourth-order valence-electron chi connectivity index (χ4n) is 3.43. The van der Waals surface area contributed by atoms with E-state index in [2.05, 4.69) is 16.0 Å². The molecule has 2 aliphatic heterocycles. The van der Waals surface area contributed by atoms with Gasteiger partial charge >= 0.3 is 0 Å². The lowest BCUT2D eigenvalue weighted by atomic mass is 9.87. The minimum absolute atomic E-state index is 0.294. The molecule has 0 radical (unpaired) electrons. The van der Waals surface area contributed by atoms with Gasteiger partial charge in [-0.1, -0.05) is 12.1 Å². The molecule has 1 saturated heterocycles. The highest BCUT2D eigenvalue weighted by Gasteiger charge is 2.44. The highest BCUT2D eigenvalue weighted by Crippen LogP contribution is 2.45. The Morgan fingerprint density at radius 1 is 1.19 bits per heavy atom. The number of aromatic nitrogens is 1. The van der Waals surface area contributed by atoms with Gasteiger partial charge in [-0.3, -0.25) is 4.57 Å². The van der Waals surface area contributed by atoms with Crippen molar-refractivity contribution < 1.29 is 9.29 Å². The Morgan fingerprint density at radius 2 is 1.95 bits per heavy atom. The van der Waals surface area contributed by atoms with E-state index in [1.54, 1.807) is 6.26 Å². The van der Waals surface area contributed by atoms with Crippen molar-refractivity contribution >= 4 is 11.2 Å². The summed E-state index contributed by atoms with van der Waals surface area (Å²) in [6.07, 6.45) is 3.60. The Morgan fingerprint density at radius 3 is 2.71 bits per heavy atom. The van der Waals surface area contributed by atoms with Crippen LogP contribution in [0.3, 0.4) is 0 Å². The molecule has 0 saturated carbocycles. The Hall–Kier alpha value is -1.43. The van der Waals surface area contributed by atoms with Crippen LogP contribution in [-0.4, -0.2) is 28.5 Å². The summed E-state index contributed by atoms with van der Waals surface area (Å²) in [5, 5.41) is 4.24. The van der Waals surface area contributed by atoms with Crippen molar-refractivity contribution in [2.75, 3.05) is 19.3 Å². The van der Waals surface area contributed by atoms with Gasteiger partial charge in [0.05, 0.1) is 11.4 Å². The standard InChI is InChI=1S/C16H18N2O2S/c1-21(19)15-7-6-14-16(8-10-17-11-9-16)20-13-5-3-2-4-12(13)18(14)15/h2-7,17H,8-11H2,1H3. The summed E-state index contributed by atoms with van der Waals surface area (Å²) in [6.45, 7) is 1.88. The van der Waals surface area contributed by atoms with E-state index in [9.17, 15) is 4.55 Å². The molecule has 1 unspecified atom stereocenters. The zero-order valence-electron chi connectivity index (χ0n) is 12.0. The van der Waals surface area contributed by atoms with Crippen molar-refractivity contribution in [3.05, 3.63) is 42.1 Å². The molecule has 4 nitrogen and oxygen atoms in total. The van der Waals surface area contributed by atoms with E-state index >= 15 is 0 Å². The lowest BCUT2D eigenvalue weighted by Gasteiger charge is -2.42. The van der Waals surface area contributed by atoms with Crippen molar-refractivity contribution in [2.24, 2.45) is 0 Å². The van der Waals surface area contributed by atoms with E-state index in [-0.39, 0.29) is 5.60 Å². The van der Waals surface area contributed by atoms with Crippen LogP contribution >= 0.6 is 0 Å². The number of ether oxygens (including phenoxy) is 1. The molecule has 4 rings (SSSR count). The zero-order chi connectivity index (χ0) is 14.4. The first kappa shape index (κ1) is 13.2. The van der Waals surface area contributed by atoms with E-state index < -0.39 is 11.2 Å². The van der Waals surface area contributed by atoms with Crippen LogP contribution in [0, 0.1) is 0 Å². The van der Waals surface area contributed by atoms with Crippen molar-refractivity contribution in [1.29, 1.82) is 0 Å². The van der Waals surface area contributed by atoms with Gasteiger partial charge in [0.25, 0.3) is 0 Å². The molecule has 1 aromatic heterocycles. The second-order valence-electron chi connectivity index (χ2n) is 5.66. The average molecular weight is 302 g/mol. The molecule has 1 aromatic carbocycles. The molecule has 0 aliphatic carbocycles. The largest absolute Gasteiger partial charge is 0.610 e. The molecule has 2 aliphatic rings. The maximum atomic E-state index is 12.1. The van der Waals surface area contributed by atoms with Gasteiger partial charge in [0.1, 0.15) is 12.0 Å². The smallest absolute Gasteiger partial charge is 0.230 e. The van der Waals surface area contributed by atoms with E-state index in [0.717, 1.165) is 48.1 Å². The van der Waals surface area contributed by atoms with Gasteiger partial charge in [0, 0.05) is 30.1 Å². The molecule has 21 heavy (non-hydrogen) atoms. The van der Waals surface area contributed by atoms with Gasteiger partial charge < -0.3 is 14.6 Å². The topological polar surface area (TPSA) is 49.2 Å². The minimum atomic E-state index is -1.02. The molecular formula is C16H18N2O2S. The number of benzene rings is 1. The minimum Gasteiger partial charge on any atom is -0.610 e. The van der Waals surface area contributed by atoms with Crippen LogP contribution < -0.4 is 10.1 Å². The molecule has 1 atom stereocenters. The summed E-state index contributed by atoms with van der Waals surface area (Å²) in [7, 11) is 0. The third kappa shape index (κ3) is 1.92. The number of nitrogens with zero attached hydrogens (tertiary/aromatic N) is 1. The van der Waals surface area contributed by atoms with E-state index in [0.29, 0.717) is 0 Å². The van der Waals surface area contributed by atoms with Gasteiger partial charge in [0.15, 0.2) is 5.60 Å². The molecule has 0 amide bonds. The van der Waals surface area contributed by atoms with E-state index in [1.165, 1.54) is 0 Å². The Kier molecular flexibility index (Phi) is 3.03. The first-order chi connectivity index (χ1) is 10.2. The number of nitrogens with one attached hydrogen (secondary N) is 1. The summed E-state index contributed by atoms with van der Waals surface area (Å²) in [4.78, 5) is 0. The predicted octanol–water partition coefficient (Wildman–Crippen LogP) is 2.19. The number of piperidine rings is 1. The summed E-state index contributed by atoms with van der Waals surface area (Å²) >= 11 is -1.02. The molecule has 1 fully saturated rings. The molecular weight excluding hydrogens is 284 g/mol. The first-order valence-corrected chi connectivity index (χ1v) is 8.82. The fourth-order valence-corrected chi connectivity index (χ4v) is 4.14. The second kappa shape index (κ2) is 4.80. The maximum absolute atomic E-state index is 12.1. The van der Waals surface area contributed by atoms with Crippen LogP contribution in [0.2, 0.25) is 0 Å². The van der Waals surface area contributed by atoms with Crippen LogP contribution in [-0.2, 0) is 16.8 Å². The quantitative estimate of drug-likeness (QED) is 0.822. The SMILES string of the molecule is C[S+]([O-])c1ccc2n1-c1ccccc1OC21CCNCC1. The van der Waals surface area contributed by atoms with Gasteiger partial charge in [0.2, 0.25) is 5.03 Å². The Labute approximate surface area is 127 Å². The average Bonchev–Trinajstić information content (AvgIpc) is 2.95. The van der Waals surface area contributed by atoms with Crippen molar-refractivity contribution in [1.82, 2.24) is 9.88 Å². The highest BCUT2D eigenvalue weighted by molar-refractivity contribution is 7.90. The molecule has 3 heterocycles. The second-order valence-corrected chi connectivity index (χ2v) is 6.99. The van der Waals surface area contributed by atoms with E-state index in [1.807, 2.05) is 30.3 Å². The zero-order valence-corrected chi connectivity index (χ0v) is 12.8. The van der Waals surface area contributed by atoms with Gasteiger partial charge in [-0.2, -0.15) is 0 Å². The Bertz CT molecular complexity index is 675. The maximum Gasteiger partial charge on any atom is 0.230 e. The lowest BCUT2D eigenvalue weighted by Crippen LogP contribution is -2.47. The Balaban J connectivity index is 1.96. The fraction of sp³-hybridized carbons (Fsp3) is 0.375. The van der Waals surface area contributed by atoms with Crippen LogP contribution in [0.25, 0.3) is 5.69 Å². The third-order valence-electron chi connectivity index (χ3n) is 4.43. The molecule has 1 N–H and O–H groups in total. The molecule has 110 valence electrons. The molecule has 5 heteroatoms. The number of hydrogen-bond acceptors (Lipinski definition) is 3. The number of fused-ring (bicyclic) bond motifs is 4. The van der Waals surface area contributed by atoms with Gasteiger partial charge in [-0.05, 0) is 31.3 Å². The normalized spacial score (nSPS) is 20.5. The molecule has 1 spiro atoms. The third-order valence-corrected chi connectivity index (χ3v) is 5.34. The highest BCUT2D eigenvalue weighted by atomic mass is 32.2. The first-order valence-electron chi connectivity index (χ1n) is 7.26. The number of hydrogen-bond donors (Lipinski definition) is 1. The van der Waals surface area contributed by atoms with Crippen LogP contribution in [0.15, 0.2) is 41.4 Å². The molecule has 2 aromatic rings. The van der Waals surface area contributed by atoms with Crippen LogP contribution in [0.1, 0.15) is 18.5 Å². The van der Waals surface area contributed by atoms with Gasteiger partial charge in [-0.15, -0.1) is 0 Å². The summed E-state index contributed by atoms with van der Waals surface area (Å²) in [5.74, 6) is 0.884. The lowest BCUT2D eigenvalue weighted by molar-refractivity contribution is 0.0194. The van der Waals surface area contributed by atoms with Crippen molar-refractivity contribution in [2.45, 2.75) is 23.5 Å².